The van der Waals surface area contributed by atoms with Crippen molar-refractivity contribution < 1.29 is 4.79 Å². The molecule has 3 heteroatoms. The van der Waals surface area contributed by atoms with Gasteiger partial charge >= 0.3 is 0 Å². The van der Waals surface area contributed by atoms with E-state index in [1.165, 1.54) is 0 Å². The van der Waals surface area contributed by atoms with E-state index in [9.17, 15) is 4.79 Å². The zero-order valence-corrected chi connectivity index (χ0v) is 18.4. The Hall–Kier alpha value is -2.71. The molecule has 1 aliphatic heterocycles. The fourth-order valence-electron chi connectivity index (χ4n) is 3.33. The molecule has 30 heavy (non-hydrogen) atoms. The van der Waals surface area contributed by atoms with Gasteiger partial charge < -0.3 is 0 Å². The molecule has 1 aliphatic rings. The van der Waals surface area contributed by atoms with Crippen LogP contribution in [0.5, 0.6) is 0 Å². The molecule has 1 heterocycles. The number of benzene rings is 3. The second-order valence-electron chi connectivity index (χ2n) is 6.91. The van der Waals surface area contributed by atoms with E-state index in [1.54, 1.807) is 23.5 Å². The van der Waals surface area contributed by atoms with Crippen LogP contribution in [0.15, 0.2) is 107 Å². The molecular weight excluding hydrogens is 404 g/mol. The molecule has 0 amide bonds. The molecule has 0 aromatic heterocycles. The van der Waals surface area contributed by atoms with Crippen molar-refractivity contribution in [2.45, 2.75) is 6.92 Å². The zero-order valence-electron chi connectivity index (χ0n) is 16.8. The van der Waals surface area contributed by atoms with E-state index < -0.39 is 0 Å². The number of carbonyl (C=O) groups excluding carboxylic acids is 1. The number of hydrogen-bond acceptors (Lipinski definition) is 3. The van der Waals surface area contributed by atoms with E-state index in [0.29, 0.717) is 5.56 Å². The first-order valence-electron chi connectivity index (χ1n) is 9.92. The lowest BCUT2D eigenvalue weighted by Crippen LogP contribution is -2.07. The molecule has 3 aromatic carbocycles. The van der Waals surface area contributed by atoms with Crippen LogP contribution in [0.3, 0.4) is 0 Å². The van der Waals surface area contributed by atoms with E-state index in [1.807, 2.05) is 66.7 Å². The number of rotatable bonds is 5. The van der Waals surface area contributed by atoms with E-state index >= 15 is 0 Å². The minimum absolute atomic E-state index is 0.0553. The van der Waals surface area contributed by atoms with Gasteiger partial charge in [-0.3, -0.25) is 4.79 Å². The standard InChI is InChI=1S/C27H22OS2/c1-20(21-11-5-2-6-12-21)19-24(22-13-7-3-8-14-22)25(27-29-17-18-30-27)26(28)23-15-9-4-10-16-23/h2-16H,17-18H2,1H3. The Balaban J connectivity index is 1.97. The molecule has 1 fully saturated rings. The molecule has 1 saturated heterocycles. The fraction of sp³-hybridized carbons (Fsp3) is 0.111. The van der Waals surface area contributed by atoms with Crippen LogP contribution in [0, 0.1) is 0 Å². The molecule has 0 aliphatic carbocycles. The summed E-state index contributed by atoms with van der Waals surface area (Å²) in [5.74, 6) is 2.10. The van der Waals surface area contributed by atoms with E-state index in [2.05, 4.69) is 36.9 Å². The van der Waals surface area contributed by atoms with Gasteiger partial charge in [0.2, 0.25) is 0 Å². The average molecular weight is 427 g/mol. The third-order valence-corrected chi connectivity index (χ3v) is 7.56. The Morgan fingerprint density at radius 2 is 1.17 bits per heavy atom. The molecule has 0 radical (unpaired) electrons. The van der Waals surface area contributed by atoms with Crippen LogP contribution in [-0.4, -0.2) is 17.3 Å². The quantitative estimate of drug-likeness (QED) is 0.241. The van der Waals surface area contributed by atoms with Crippen molar-refractivity contribution in [3.63, 3.8) is 0 Å². The molecular formula is C27H22OS2. The Kier molecular flexibility index (Phi) is 6.76. The third-order valence-electron chi connectivity index (χ3n) is 4.85. The van der Waals surface area contributed by atoms with Crippen LogP contribution in [-0.2, 0) is 0 Å². The van der Waals surface area contributed by atoms with Gasteiger partial charge in [-0.15, -0.1) is 29.3 Å². The number of carbonyl (C=O) groups is 1. The average Bonchev–Trinajstić information content (AvgIpc) is 3.34. The first-order chi connectivity index (χ1) is 14.7. The predicted octanol–water partition coefficient (Wildman–Crippen LogP) is 7.35. The highest BCUT2D eigenvalue weighted by atomic mass is 32.2. The summed E-state index contributed by atoms with van der Waals surface area (Å²) in [6.45, 7) is 2.06. The number of allylic oxidation sites excluding steroid dienone is 2. The summed E-state index contributed by atoms with van der Waals surface area (Å²) in [5.41, 5.74) is 9.07. The fourth-order valence-corrected chi connectivity index (χ4v) is 5.88. The topological polar surface area (TPSA) is 17.1 Å². The first kappa shape index (κ1) is 20.6. The van der Waals surface area contributed by atoms with Crippen molar-refractivity contribution in [3.8, 4) is 0 Å². The smallest absolute Gasteiger partial charge is 0.195 e. The third kappa shape index (κ3) is 4.71. The van der Waals surface area contributed by atoms with E-state index in [0.717, 1.165) is 43.6 Å². The number of ketones is 1. The summed E-state index contributed by atoms with van der Waals surface area (Å²) in [6.07, 6.45) is 0. The lowest BCUT2D eigenvalue weighted by molar-refractivity contribution is 0.103. The van der Waals surface area contributed by atoms with Crippen molar-refractivity contribution in [2.24, 2.45) is 0 Å². The Morgan fingerprint density at radius 3 is 1.70 bits per heavy atom. The van der Waals surface area contributed by atoms with Gasteiger partial charge in [-0.25, -0.2) is 0 Å². The maximum atomic E-state index is 13.7. The van der Waals surface area contributed by atoms with E-state index in [-0.39, 0.29) is 5.78 Å². The molecule has 3 aromatic rings. The number of Topliss-reactive ketones (excluding diaryl/α,β-unsaturated/α-hetero) is 1. The van der Waals surface area contributed by atoms with Crippen molar-refractivity contribution in [3.05, 3.63) is 123 Å². The highest BCUT2D eigenvalue weighted by Gasteiger charge is 2.25. The molecule has 148 valence electrons. The van der Waals surface area contributed by atoms with Gasteiger partial charge in [0.1, 0.15) is 0 Å². The van der Waals surface area contributed by atoms with Crippen LogP contribution < -0.4 is 0 Å². The molecule has 0 bridgehead atoms. The molecule has 0 spiro atoms. The van der Waals surface area contributed by atoms with Crippen molar-refractivity contribution in [2.75, 3.05) is 11.5 Å². The summed E-state index contributed by atoms with van der Waals surface area (Å²) in [5, 5.41) is 0. The first-order valence-corrected chi connectivity index (χ1v) is 11.9. The van der Waals surface area contributed by atoms with E-state index in [4.69, 9.17) is 0 Å². The maximum Gasteiger partial charge on any atom is 0.195 e. The van der Waals surface area contributed by atoms with Crippen LogP contribution in [0.2, 0.25) is 0 Å². The zero-order chi connectivity index (χ0) is 20.8. The van der Waals surface area contributed by atoms with Crippen molar-refractivity contribution in [1.82, 2.24) is 0 Å². The lowest BCUT2D eigenvalue weighted by atomic mass is 9.92. The monoisotopic (exact) mass is 426 g/mol. The van der Waals surface area contributed by atoms with Crippen LogP contribution in [0.25, 0.3) is 11.1 Å². The Bertz CT molecular complexity index is 1120. The second-order valence-corrected chi connectivity index (χ2v) is 9.38. The largest absolute Gasteiger partial charge is 0.289 e. The SMILES string of the molecule is CC(=C=C(C(C(=O)c1ccccc1)=C1SCCS1)c1ccccc1)c1ccccc1. The molecule has 0 unspecified atom stereocenters. The normalized spacial score (nSPS) is 12.9. The number of thioether (sulfide) groups is 2. The van der Waals surface area contributed by atoms with Crippen molar-refractivity contribution >= 4 is 40.5 Å². The van der Waals surface area contributed by atoms with Gasteiger partial charge in [-0.05, 0) is 23.6 Å². The molecule has 0 atom stereocenters. The summed E-state index contributed by atoms with van der Waals surface area (Å²) >= 11 is 3.54. The molecule has 0 N–H and O–H groups in total. The molecule has 1 nitrogen and oxygen atoms in total. The lowest BCUT2D eigenvalue weighted by Gasteiger charge is -2.14. The number of hydrogen-bond donors (Lipinski definition) is 0. The summed E-state index contributed by atoms with van der Waals surface area (Å²) in [7, 11) is 0. The van der Waals surface area contributed by atoms with Gasteiger partial charge in [0.05, 0.1) is 9.81 Å². The maximum absolute atomic E-state index is 13.7. The highest BCUT2D eigenvalue weighted by Crippen LogP contribution is 2.43. The minimum Gasteiger partial charge on any atom is -0.289 e. The van der Waals surface area contributed by atoms with Crippen LogP contribution in [0.4, 0.5) is 0 Å². The van der Waals surface area contributed by atoms with Gasteiger partial charge in [-0.2, -0.15) is 0 Å². The van der Waals surface area contributed by atoms with Gasteiger partial charge in [0, 0.05) is 22.6 Å². The van der Waals surface area contributed by atoms with Crippen molar-refractivity contribution in [1.29, 1.82) is 0 Å². The predicted molar refractivity (Wildman–Crippen MR) is 132 cm³/mol. The van der Waals surface area contributed by atoms with Gasteiger partial charge in [0.25, 0.3) is 0 Å². The summed E-state index contributed by atoms with van der Waals surface area (Å²) in [4.78, 5) is 13.7. The molecule has 4 rings (SSSR count). The highest BCUT2D eigenvalue weighted by molar-refractivity contribution is 8.25. The summed E-state index contributed by atoms with van der Waals surface area (Å²) in [6, 6.07) is 29.9. The molecule has 0 saturated carbocycles. The van der Waals surface area contributed by atoms with Gasteiger partial charge in [-0.1, -0.05) is 91.0 Å². The summed E-state index contributed by atoms with van der Waals surface area (Å²) < 4.78 is 1.09. The second kappa shape index (κ2) is 9.86. The Morgan fingerprint density at radius 1 is 0.700 bits per heavy atom. The Labute approximate surface area is 186 Å². The van der Waals surface area contributed by atoms with Crippen LogP contribution in [0.1, 0.15) is 28.4 Å². The minimum atomic E-state index is 0.0553. The van der Waals surface area contributed by atoms with Crippen LogP contribution >= 0.6 is 23.5 Å². The van der Waals surface area contributed by atoms with Gasteiger partial charge in [0.15, 0.2) is 5.78 Å².